The minimum Gasteiger partial charge on any atom is -0.274 e. The topological polar surface area (TPSA) is 37.4 Å². The Morgan fingerprint density at radius 3 is 2.22 bits per heavy atom. The number of nitrogens with zero attached hydrogens (tertiary/aromatic N) is 1. The van der Waals surface area contributed by atoms with Gasteiger partial charge in [-0.3, -0.25) is 14.5 Å². The fourth-order valence-corrected chi connectivity index (χ4v) is 2.79. The largest absolute Gasteiger partial charge is 0.274 e. The van der Waals surface area contributed by atoms with E-state index in [0.717, 1.165) is 10.0 Å². The maximum atomic E-state index is 12.2. The number of amides is 2. The second kappa shape index (κ2) is 4.50. The molecule has 1 aliphatic rings. The summed E-state index contributed by atoms with van der Waals surface area (Å²) in [6, 6.07) is 5.58. The third-order valence-corrected chi connectivity index (χ3v) is 3.65. The highest BCUT2D eigenvalue weighted by Crippen LogP contribution is 2.35. The van der Waals surface area contributed by atoms with Gasteiger partial charge in [0, 0.05) is 17.3 Å². The van der Waals surface area contributed by atoms with E-state index in [1.54, 1.807) is 0 Å². The summed E-state index contributed by atoms with van der Waals surface area (Å²) in [5.41, 5.74) is 1.39. The first-order chi connectivity index (χ1) is 8.30. The molecular weight excluding hydrogens is 294 g/mol. The highest BCUT2D eigenvalue weighted by molar-refractivity contribution is 9.10. The van der Waals surface area contributed by atoms with Crippen molar-refractivity contribution in [3.8, 4) is 0 Å². The third-order valence-electron chi connectivity index (χ3n) is 3.16. The van der Waals surface area contributed by atoms with Crippen LogP contribution < -0.4 is 4.90 Å². The normalized spacial score (nSPS) is 19.2. The van der Waals surface area contributed by atoms with E-state index in [9.17, 15) is 9.59 Å². The first-order valence-corrected chi connectivity index (χ1v) is 6.71. The second-order valence-corrected chi connectivity index (χ2v) is 6.49. The molecule has 4 heteroatoms. The van der Waals surface area contributed by atoms with Crippen LogP contribution in [0.1, 0.15) is 32.3 Å². The van der Waals surface area contributed by atoms with Gasteiger partial charge in [-0.1, -0.05) is 29.8 Å². The SMILES string of the molecule is Cc1cc(Br)ccc1N1C(=O)CC(C)(C)CC1=O. The second-order valence-electron chi connectivity index (χ2n) is 5.57. The molecule has 1 saturated heterocycles. The molecule has 0 radical (unpaired) electrons. The van der Waals surface area contributed by atoms with Crippen molar-refractivity contribution >= 4 is 33.4 Å². The Labute approximate surface area is 115 Å². The Balaban J connectivity index is 2.39. The quantitative estimate of drug-likeness (QED) is 0.745. The molecule has 96 valence electrons. The average Bonchev–Trinajstić information content (AvgIpc) is 2.18. The van der Waals surface area contributed by atoms with Gasteiger partial charge in [0.25, 0.3) is 0 Å². The molecule has 0 saturated carbocycles. The molecule has 1 heterocycles. The van der Waals surface area contributed by atoms with Crippen LogP contribution in [0, 0.1) is 12.3 Å². The van der Waals surface area contributed by atoms with E-state index in [0.29, 0.717) is 18.5 Å². The molecule has 0 bridgehead atoms. The van der Waals surface area contributed by atoms with E-state index in [1.165, 1.54) is 4.90 Å². The Morgan fingerprint density at radius 2 is 1.72 bits per heavy atom. The third kappa shape index (κ3) is 2.48. The van der Waals surface area contributed by atoms with Crippen molar-refractivity contribution in [2.45, 2.75) is 33.6 Å². The zero-order valence-corrected chi connectivity index (χ0v) is 12.4. The Kier molecular flexibility index (Phi) is 3.32. The van der Waals surface area contributed by atoms with Crippen LogP contribution in [0.5, 0.6) is 0 Å². The van der Waals surface area contributed by atoms with Crippen LogP contribution in [0.3, 0.4) is 0 Å². The van der Waals surface area contributed by atoms with Crippen LogP contribution in [0.4, 0.5) is 5.69 Å². The van der Waals surface area contributed by atoms with Crippen LogP contribution in [0.25, 0.3) is 0 Å². The van der Waals surface area contributed by atoms with Crippen molar-refractivity contribution in [3.63, 3.8) is 0 Å². The van der Waals surface area contributed by atoms with E-state index < -0.39 is 0 Å². The number of carbonyl (C=O) groups excluding carboxylic acids is 2. The van der Waals surface area contributed by atoms with Gasteiger partial charge in [-0.25, -0.2) is 0 Å². The molecule has 0 N–H and O–H groups in total. The lowest BCUT2D eigenvalue weighted by Gasteiger charge is -2.35. The molecule has 3 nitrogen and oxygen atoms in total. The average molecular weight is 310 g/mol. The molecule has 18 heavy (non-hydrogen) atoms. The van der Waals surface area contributed by atoms with Crippen LogP contribution in [0.15, 0.2) is 22.7 Å². The van der Waals surface area contributed by atoms with Gasteiger partial charge in [0.1, 0.15) is 0 Å². The lowest BCUT2D eigenvalue weighted by atomic mass is 9.81. The van der Waals surface area contributed by atoms with Crippen LogP contribution >= 0.6 is 15.9 Å². The standard InChI is InChI=1S/C14H16BrNO2/c1-9-6-10(15)4-5-11(9)16-12(17)7-14(2,3)8-13(16)18/h4-6H,7-8H2,1-3H3. The zero-order chi connectivity index (χ0) is 13.5. The van der Waals surface area contributed by atoms with Gasteiger partial charge in [-0.2, -0.15) is 0 Å². The maximum Gasteiger partial charge on any atom is 0.234 e. The highest BCUT2D eigenvalue weighted by Gasteiger charge is 2.38. The van der Waals surface area contributed by atoms with Crippen molar-refractivity contribution in [1.29, 1.82) is 0 Å². The minimum absolute atomic E-state index is 0.110. The number of hydrogen-bond acceptors (Lipinski definition) is 2. The van der Waals surface area contributed by atoms with Crippen LogP contribution in [0.2, 0.25) is 0 Å². The summed E-state index contributed by atoms with van der Waals surface area (Å²) in [6.07, 6.45) is 0.822. The lowest BCUT2D eigenvalue weighted by molar-refractivity contribution is -0.132. The van der Waals surface area contributed by atoms with E-state index in [2.05, 4.69) is 15.9 Å². The number of piperidine rings is 1. The van der Waals surface area contributed by atoms with E-state index in [-0.39, 0.29) is 17.2 Å². The number of imide groups is 1. The molecule has 1 aromatic rings. The summed E-state index contributed by atoms with van der Waals surface area (Å²) in [5.74, 6) is -0.219. The summed E-state index contributed by atoms with van der Waals surface area (Å²) in [4.78, 5) is 25.6. The predicted molar refractivity (Wildman–Crippen MR) is 74.4 cm³/mol. The van der Waals surface area contributed by atoms with Gasteiger partial charge in [0.2, 0.25) is 11.8 Å². The van der Waals surface area contributed by atoms with Gasteiger partial charge in [0.05, 0.1) is 5.69 Å². The van der Waals surface area contributed by atoms with Gasteiger partial charge in [-0.05, 0) is 36.1 Å². The molecule has 0 unspecified atom stereocenters. The van der Waals surface area contributed by atoms with Crippen molar-refractivity contribution < 1.29 is 9.59 Å². The smallest absolute Gasteiger partial charge is 0.234 e. The van der Waals surface area contributed by atoms with E-state index in [4.69, 9.17) is 0 Å². The minimum atomic E-state index is -0.228. The lowest BCUT2D eigenvalue weighted by Crippen LogP contribution is -2.46. The first kappa shape index (κ1) is 13.3. The number of carbonyl (C=O) groups is 2. The number of rotatable bonds is 1. The zero-order valence-electron chi connectivity index (χ0n) is 10.8. The Bertz CT molecular complexity index is 503. The van der Waals surface area contributed by atoms with Gasteiger partial charge >= 0.3 is 0 Å². The monoisotopic (exact) mass is 309 g/mol. The number of halogens is 1. The van der Waals surface area contributed by atoms with Gasteiger partial charge < -0.3 is 0 Å². The molecule has 0 atom stereocenters. The van der Waals surface area contributed by atoms with Crippen LogP contribution in [-0.2, 0) is 9.59 Å². The number of benzene rings is 1. The molecule has 1 aliphatic heterocycles. The summed E-state index contributed by atoms with van der Waals surface area (Å²) in [5, 5.41) is 0. The van der Waals surface area contributed by atoms with Crippen molar-refractivity contribution in [2.24, 2.45) is 5.41 Å². The highest BCUT2D eigenvalue weighted by atomic mass is 79.9. The van der Waals surface area contributed by atoms with E-state index >= 15 is 0 Å². The molecule has 1 fully saturated rings. The van der Waals surface area contributed by atoms with E-state index in [1.807, 2.05) is 39.0 Å². The summed E-state index contributed by atoms with van der Waals surface area (Å²) in [6.45, 7) is 5.81. The molecule has 2 rings (SSSR count). The predicted octanol–water partition coefficient (Wildman–Crippen LogP) is 3.44. The maximum absolute atomic E-state index is 12.2. The summed E-state index contributed by atoms with van der Waals surface area (Å²) in [7, 11) is 0. The van der Waals surface area contributed by atoms with Gasteiger partial charge in [0.15, 0.2) is 0 Å². The van der Waals surface area contributed by atoms with Crippen molar-refractivity contribution in [2.75, 3.05) is 4.90 Å². The molecule has 0 spiro atoms. The molecular formula is C14H16BrNO2. The number of hydrogen-bond donors (Lipinski definition) is 0. The van der Waals surface area contributed by atoms with Crippen molar-refractivity contribution in [3.05, 3.63) is 28.2 Å². The first-order valence-electron chi connectivity index (χ1n) is 5.92. The van der Waals surface area contributed by atoms with Crippen molar-refractivity contribution in [1.82, 2.24) is 0 Å². The molecule has 0 aromatic heterocycles. The fourth-order valence-electron chi connectivity index (χ4n) is 2.32. The molecule has 2 amide bonds. The molecule has 1 aromatic carbocycles. The summed E-state index contributed by atoms with van der Waals surface area (Å²) < 4.78 is 0.945. The molecule has 0 aliphatic carbocycles. The summed E-state index contributed by atoms with van der Waals surface area (Å²) >= 11 is 3.38. The van der Waals surface area contributed by atoms with Gasteiger partial charge in [-0.15, -0.1) is 0 Å². The fraction of sp³-hybridized carbons (Fsp3) is 0.429. The number of anilines is 1. The van der Waals surface area contributed by atoms with Crippen LogP contribution in [-0.4, -0.2) is 11.8 Å². The Morgan fingerprint density at radius 1 is 1.17 bits per heavy atom. The Hall–Kier alpha value is -1.16. The number of aryl methyl sites for hydroxylation is 1.